The molecule has 27 heavy (non-hydrogen) atoms. The fraction of sp³-hybridized carbons (Fsp3) is 0.286. The van der Waals surface area contributed by atoms with Crippen molar-refractivity contribution in [1.82, 2.24) is 9.47 Å². The lowest BCUT2D eigenvalue weighted by Crippen LogP contribution is -2.32. The monoisotopic (exact) mass is 386 g/mol. The van der Waals surface area contributed by atoms with Crippen LogP contribution in [0, 0.1) is 5.82 Å². The molecule has 3 aromatic rings. The number of thiophene rings is 1. The van der Waals surface area contributed by atoms with Gasteiger partial charge in [0.05, 0.1) is 11.4 Å². The van der Waals surface area contributed by atoms with E-state index in [1.807, 2.05) is 40.7 Å². The van der Waals surface area contributed by atoms with Crippen molar-refractivity contribution in [2.75, 3.05) is 20.3 Å². The van der Waals surface area contributed by atoms with Crippen molar-refractivity contribution in [3.63, 3.8) is 0 Å². The number of rotatable bonds is 9. The Morgan fingerprint density at radius 2 is 2.00 bits per heavy atom. The number of ether oxygens (including phenoxy) is 1. The molecule has 0 unspecified atom stereocenters. The number of carbonyl (C=O) groups excluding carboxylic acids is 1. The van der Waals surface area contributed by atoms with Crippen LogP contribution in [0.2, 0.25) is 0 Å². The number of nitrogens with zero attached hydrogens (tertiary/aromatic N) is 2. The van der Waals surface area contributed by atoms with Gasteiger partial charge < -0.3 is 14.2 Å². The maximum Gasteiger partial charge on any atom is 0.264 e. The number of halogens is 1. The molecule has 142 valence electrons. The Morgan fingerprint density at radius 1 is 1.19 bits per heavy atom. The van der Waals surface area contributed by atoms with Crippen LogP contribution in [0.3, 0.4) is 0 Å². The van der Waals surface area contributed by atoms with Crippen LogP contribution in [-0.2, 0) is 17.8 Å². The van der Waals surface area contributed by atoms with E-state index in [1.165, 1.54) is 23.5 Å². The molecule has 0 aliphatic rings. The van der Waals surface area contributed by atoms with E-state index in [0.717, 1.165) is 22.6 Å². The Kier molecular flexibility index (Phi) is 6.79. The van der Waals surface area contributed by atoms with Gasteiger partial charge in [-0.3, -0.25) is 4.79 Å². The van der Waals surface area contributed by atoms with Crippen molar-refractivity contribution < 1.29 is 13.9 Å². The third-order valence-electron chi connectivity index (χ3n) is 4.34. The first kappa shape index (κ1) is 19.3. The molecule has 6 heteroatoms. The second-order valence-corrected chi connectivity index (χ2v) is 7.25. The number of carbonyl (C=O) groups is 1. The highest BCUT2D eigenvalue weighted by Gasteiger charge is 2.18. The molecule has 2 heterocycles. The van der Waals surface area contributed by atoms with Crippen molar-refractivity contribution in [2.24, 2.45) is 0 Å². The van der Waals surface area contributed by atoms with Crippen LogP contribution in [0.1, 0.15) is 27.3 Å². The van der Waals surface area contributed by atoms with E-state index in [2.05, 4.69) is 4.57 Å². The van der Waals surface area contributed by atoms with E-state index in [0.29, 0.717) is 26.2 Å². The second kappa shape index (κ2) is 9.48. The van der Waals surface area contributed by atoms with Gasteiger partial charge in [-0.25, -0.2) is 4.39 Å². The molecular weight excluding hydrogens is 363 g/mol. The van der Waals surface area contributed by atoms with Crippen LogP contribution in [0.5, 0.6) is 0 Å². The maximum absolute atomic E-state index is 13.1. The van der Waals surface area contributed by atoms with Gasteiger partial charge in [0.15, 0.2) is 0 Å². The average Bonchev–Trinajstić information content (AvgIpc) is 3.35. The summed E-state index contributed by atoms with van der Waals surface area (Å²) in [6.45, 7) is 2.41. The minimum absolute atomic E-state index is 0.0376. The van der Waals surface area contributed by atoms with Gasteiger partial charge in [0.1, 0.15) is 5.82 Å². The summed E-state index contributed by atoms with van der Waals surface area (Å²) in [5.41, 5.74) is 2.06. The lowest BCUT2D eigenvalue weighted by atomic mass is 10.2. The summed E-state index contributed by atoms with van der Waals surface area (Å²) < 4.78 is 20.4. The lowest BCUT2D eigenvalue weighted by Gasteiger charge is -2.23. The van der Waals surface area contributed by atoms with Crippen LogP contribution in [0.4, 0.5) is 4.39 Å². The zero-order chi connectivity index (χ0) is 19.1. The number of methoxy groups -OCH3 is 1. The standard InChI is InChI=1S/C21H23FN2O2S/c1-26-13-4-12-24(21(25)20-6-3-14-27-20)16-19-5-2-11-23(19)15-17-7-9-18(22)10-8-17/h2-3,5-11,14H,4,12-13,15-16H2,1H3. The topological polar surface area (TPSA) is 34.5 Å². The van der Waals surface area contributed by atoms with Crippen LogP contribution in [0.25, 0.3) is 0 Å². The molecule has 0 aliphatic heterocycles. The molecule has 0 aliphatic carbocycles. The third kappa shape index (κ3) is 5.28. The maximum atomic E-state index is 13.1. The van der Waals surface area contributed by atoms with E-state index in [9.17, 15) is 9.18 Å². The molecule has 0 atom stereocenters. The van der Waals surface area contributed by atoms with Crippen molar-refractivity contribution in [1.29, 1.82) is 0 Å². The number of hydrogen-bond donors (Lipinski definition) is 0. The third-order valence-corrected chi connectivity index (χ3v) is 5.20. The molecule has 0 radical (unpaired) electrons. The van der Waals surface area contributed by atoms with Crippen LogP contribution >= 0.6 is 11.3 Å². The summed E-state index contributed by atoms with van der Waals surface area (Å²) in [7, 11) is 1.67. The largest absolute Gasteiger partial charge is 0.385 e. The quantitative estimate of drug-likeness (QED) is 0.510. The smallest absolute Gasteiger partial charge is 0.264 e. The highest BCUT2D eigenvalue weighted by Crippen LogP contribution is 2.17. The Hall–Kier alpha value is -2.44. The molecule has 1 amide bonds. The molecule has 3 rings (SSSR count). The van der Waals surface area contributed by atoms with Gasteiger partial charge in [0, 0.05) is 38.7 Å². The first-order chi connectivity index (χ1) is 13.2. The molecule has 0 N–H and O–H groups in total. The molecule has 0 saturated heterocycles. The van der Waals surface area contributed by atoms with Crippen LogP contribution < -0.4 is 0 Å². The highest BCUT2D eigenvalue weighted by atomic mass is 32.1. The lowest BCUT2D eigenvalue weighted by molar-refractivity contribution is 0.0724. The Balaban J connectivity index is 1.74. The number of amides is 1. The molecule has 1 aromatic carbocycles. The summed E-state index contributed by atoms with van der Waals surface area (Å²) >= 11 is 1.45. The van der Waals surface area contributed by atoms with Crippen molar-refractivity contribution in [3.05, 3.63) is 82.1 Å². The highest BCUT2D eigenvalue weighted by molar-refractivity contribution is 7.12. The Bertz CT molecular complexity index is 843. The predicted octanol–water partition coefficient (Wildman–Crippen LogP) is 4.42. The summed E-state index contributed by atoms with van der Waals surface area (Å²) in [6, 6.07) is 14.2. The fourth-order valence-corrected chi connectivity index (χ4v) is 3.63. The first-order valence-electron chi connectivity index (χ1n) is 8.87. The zero-order valence-corrected chi connectivity index (χ0v) is 16.1. The predicted molar refractivity (Wildman–Crippen MR) is 105 cm³/mol. The SMILES string of the molecule is COCCCN(Cc1cccn1Cc1ccc(F)cc1)C(=O)c1cccs1. The van der Waals surface area contributed by atoms with Gasteiger partial charge in [0.2, 0.25) is 0 Å². The van der Waals surface area contributed by atoms with Gasteiger partial charge in [-0.15, -0.1) is 11.3 Å². The van der Waals surface area contributed by atoms with Crippen LogP contribution in [-0.4, -0.2) is 35.6 Å². The molecule has 0 spiro atoms. The van der Waals surface area contributed by atoms with Gasteiger partial charge in [0.25, 0.3) is 5.91 Å². The second-order valence-electron chi connectivity index (χ2n) is 6.30. The fourth-order valence-electron chi connectivity index (χ4n) is 2.94. The van der Waals surface area contributed by atoms with E-state index in [4.69, 9.17) is 4.74 Å². The van der Waals surface area contributed by atoms with Gasteiger partial charge in [-0.05, 0) is 47.7 Å². The van der Waals surface area contributed by atoms with Crippen molar-refractivity contribution in [2.45, 2.75) is 19.5 Å². The summed E-state index contributed by atoms with van der Waals surface area (Å²) in [5.74, 6) is -0.201. The summed E-state index contributed by atoms with van der Waals surface area (Å²) in [5, 5.41) is 1.91. The minimum atomic E-state index is -0.239. The molecule has 0 saturated carbocycles. The van der Waals surface area contributed by atoms with E-state index < -0.39 is 0 Å². The van der Waals surface area contributed by atoms with Crippen molar-refractivity contribution in [3.8, 4) is 0 Å². The van der Waals surface area contributed by atoms with Crippen molar-refractivity contribution >= 4 is 17.2 Å². The normalized spacial score (nSPS) is 10.9. The van der Waals surface area contributed by atoms with Gasteiger partial charge in [-0.1, -0.05) is 18.2 Å². The minimum Gasteiger partial charge on any atom is -0.385 e. The van der Waals surface area contributed by atoms with E-state index in [-0.39, 0.29) is 11.7 Å². The zero-order valence-electron chi connectivity index (χ0n) is 15.3. The molecule has 2 aromatic heterocycles. The average molecular weight is 386 g/mol. The molecule has 0 fully saturated rings. The number of benzene rings is 1. The summed E-state index contributed by atoms with van der Waals surface area (Å²) in [6.07, 6.45) is 2.77. The summed E-state index contributed by atoms with van der Waals surface area (Å²) in [4.78, 5) is 15.5. The molecule has 0 bridgehead atoms. The Morgan fingerprint density at radius 3 is 2.70 bits per heavy atom. The Labute approximate surface area is 162 Å². The molecular formula is C21H23FN2O2S. The van der Waals surface area contributed by atoms with E-state index >= 15 is 0 Å². The van der Waals surface area contributed by atoms with E-state index in [1.54, 1.807) is 19.2 Å². The number of aromatic nitrogens is 1. The number of hydrogen-bond acceptors (Lipinski definition) is 3. The van der Waals surface area contributed by atoms with Crippen LogP contribution in [0.15, 0.2) is 60.1 Å². The molecule has 4 nitrogen and oxygen atoms in total. The van der Waals surface area contributed by atoms with Gasteiger partial charge >= 0.3 is 0 Å². The van der Waals surface area contributed by atoms with Gasteiger partial charge in [-0.2, -0.15) is 0 Å². The first-order valence-corrected chi connectivity index (χ1v) is 9.75.